The Hall–Kier alpha value is -1.11. The van der Waals surface area contributed by atoms with Gasteiger partial charge in [0.05, 0.1) is 10.6 Å². The Morgan fingerprint density at radius 2 is 1.96 bits per heavy atom. The van der Waals surface area contributed by atoms with Crippen LogP contribution in [0.1, 0.15) is 21.3 Å². The van der Waals surface area contributed by atoms with Gasteiger partial charge in [0.15, 0.2) is 0 Å². The molecule has 1 fully saturated rings. The molecule has 1 unspecified atom stereocenters. The quantitative estimate of drug-likeness (QED) is 0.876. The number of carbonyl (C=O) groups is 1. The minimum atomic E-state index is -0.477. The summed E-state index contributed by atoms with van der Waals surface area (Å²) in [4.78, 5) is 17.5. The molecule has 2 heterocycles. The number of halogens is 2. The van der Waals surface area contributed by atoms with Crippen LogP contribution in [0.25, 0.3) is 0 Å². The van der Waals surface area contributed by atoms with Crippen molar-refractivity contribution >= 4 is 40.4 Å². The lowest BCUT2D eigenvalue weighted by Crippen LogP contribution is -2.49. The monoisotopic (exact) mass is 384 g/mol. The molecule has 0 bridgehead atoms. The van der Waals surface area contributed by atoms with Crippen LogP contribution in [0.3, 0.4) is 0 Å². The van der Waals surface area contributed by atoms with Gasteiger partial charge in [-0.05, 0) is 29.6 Å². The Morgan fingerprint density at radius 3 is 2.62 bits per heavy atom. The Bertz CT molecular complexity index is 701. The lowest BCUT2D eigenvalue weighted by molar-refractivity contribution is 0.0533. The van der Waals surface area contributed by atoms with Gasteiger partial charge in [0.2, 0.25) is 0 Å². The highest BCUT2D eigenvalue weighted by molar-refractivity contribution is 7.10. The van der Waals surface area contributed by atoms with E-state index in [0.717, 1.165) is 18.0 Å². The normalized spacial score (nSPS) is 17.0. The maximum Gasteiger partial charge on any atom is 0.255 e. The fraction of sp³-hybridized carbons (Fsp3) is 0.353. The summed E-state index contributed by atoms with van der Waals surface area (Å²) in [5.41, 5.74) is 0.441. The van der Waals surface area contributed by atoms with Crippen molar-refractivity contribution in [3.63, 3.8) is 0 Å². The predicted molar refractivity (Wildman–Crippen MR) is 98.1 cm³/mol. The number of carbonyl (C=O) groups excluding carboxylic acids is 1. The van der Waals surface area contributed by atoms with Crippen LogP contribution in [0, 0.1) is 0 Å². The summed E-state index contributed by atoms with van der Waals surface area (Å²) >= 11 is 13.6. The molecule has 4 nitrogen and oxygen atoms in total. The van der Waals surface area contributed by atoms with Crippen molar-refractivity contribution in [3.05, 3.63) is 56.2 Å². The van der Waals surface area contributed by atoms with Crippen LogP contribution in [0.4, 0.5) is 0 Å². The first kappa shape index (κ1) is 17.7. The molecule has 7 heteroatoms. The van der Waals surface area contributed by atoms with E-state index in [1.165, 1.54) is 0 Å². The minimum absolute atomic E-state index is 0.0963. The summed E-state index contributed by atoms with van der Waals surface area (Å²) in [7, 11) is 0. The van der Waals surface area contributed by atoms with Gasteiger partial charge in [-0.15, -0.1) is 11.3 Å². The summed E-state index contributed by atoms with van der Waals surface area (Å²) in [6, 6.07) is 8.80. The number of aliphatic hydroxyl groups excluding tert-OH is 1. The van der Waals surface area contributed by atoms with Crippen LogP contribution in [0.5, 0.6) is 0 Å². The van der Waals surface area contributed by atoms with Crippen LogP contribution in [-0.2, 0) is 0 Å². The maximum absolute atomic E-state index is 12.6. The zero-order valence-electron chi connectivity index (χ0n) is 13.0. The molecule has 3 rings (SSSR count). The van der Waals surface area contributed by atoms with Crippen molar-refractivity contribution in [1.29, 1.82) is 0 Å². The molecule has 1 saturated heterocycles. The van der Waals surface area contributed by atoms with Gasteiger partial charge in [0.25, 0.3) is 5.91 Å². The van der Waals surface area contributed by atoms with Crippen molar-refractivity contribution in [2.24, 2.45) is 0 Å². The van der Waals surface area contributed by atoms with E-state index < -0.39 is 6.10 Å². The summed E-state index contributed by atoms with van der Waals surface area (Å²) in [5.74, 6) is -0.0963. The van der Waals surface area contributed by atoms with Crippen molar-refractivity contribution in [1.82, 2.24) is 9.80 Å². The van der Waals surface area contributed by atoms with Gasteiger partial charge in [-0.2, -0.15) is 0 Å². The molecule has 1 aromatic heterocycles. The standard InChI is InChI=1S/C17H18Cl2N2O2S/c18-12-3-4-14(19)13(10-12)17(23)21-7-5-20(6-8-21)11-15(22)16-2-1-9-24-16/h1-4,9-10,15,22H,5-8,11H2. The molecular weight excluding hydrogens is 367 g/mol. The number of rotatable bonds is 4. The van der Waals surface area contributed by atoms with Gasteiger partial charge in [0.1, 0.15) is 6.10 Å². The number of nitrogens with zero attached hydrogens (tertiary/aromatic N) is 2. The van der Waals surface area contributed by atoms with E-state index in [9.17, 15) is 9.90 Å². The van der Waals surface area contributed by atoms with Gasteiger partial charge in [-0.1, -0.05) is 29.3 Å². The van der Waals surface area contributed by atoms with E-state index in [1.54, 1.807) is 34.4 Å². The highest BCUT2D eigenvalue weighted by Crippen LogP contribution is 2.23. The highest BCUT2D eigenvalue weighted by atomic mass is 35.5. The van der Waals surface area contributed by atoms with E-state index >= 15 is 0 Å². The number of thiophene rings is 1. The summed E-state index contributed by atoms with van der Waals surface area (Å²) in [6.07, 6.45) is -0.477. The number of amides is 1. The number of benzene rings is 1. The lowest BCUT2D eigenvalue weighted by atomic mass is 10.1. The zero-order valence-corrected chi connectivity index (χ0v) is 15.3. The molecule has 0 saturated carbocycles. The second-order valence-electron chi connectivity index (χ2n) is 5.75. The van der Waals surface area contributed by atoms with E-state index in [0.29, 0.717) is 35.2 Å². The van der Waals surface area contributed by atoms with Gasteiger partial charge < -0.3 is 10.0 Å². The van der Waals surface area contributed by atoms with Gasteiger partial charge in [-0.3, -0.25) is 9.69 Å². The van der Waals surface area contributed by atoms with Gasteiger partial charge in [-0.25, -0.2) is 0 Å². The van der Waals surface area contributed by atoms with E-state index in [-0.39, 0.29) is 5.91 Å². The molecule has 0 radical (unpaired) electrons. The highest BCUT2D eigenvalue weighted by Gasteiger charge is 2.25. The van der Waals surface area contributed by atoms with Crippen LogP contribution >= 0.6 is 34.5 Å². The van der Waals surface area contributed by atoms with E-state index in [4.69, 9.17) is 23.2 Å². The molecule has 0 spiro atoms. The van der Waals surface area contributed by atoms with E-state index in [1.807, 2.05) is 17.5 Å². The van der Waals surface area contributed by atoms with Crippen molar-refractivity contribution < 1.29 is 9.90 Å². The summed E-state index contributed by atoms with van der Waals surface area (Å²) in [5, 5.41) is 13.1. The Balaban J connectivity index is 1.56. The first-order valence-corrected chi connectivity index (χ1v) is 9.36. The summed E-state index contributed by atoms with van der Waals surface area (Å²) in [6.45, 7) is 3.26. The number of hydrogen-bond acceptors (Lipinski definition) is 4. The zero-order chi connectivity index (χ0) is 17.1. The second-order valence-corrected chi connectivity index (χ2v) is 7.57. The predicted octanol–water partition coefficient (Wildman–Crippen LogP) is 3.55. The van der Waals surface area contributed by atoms with Gasteiger partial charge in [0, 0.05) is 42.6 Å². The van der Waals surface area contributed by atoms with Crippen LogP contribution < -0.4 is 0 Å². The molecule has 24 heavy (non-hydrogen) atoms. The van der Waals surface area contributed by atoms with Crippen LogP contribution in [-0.4, -0.2) is 53.5 Å². The van der Waals surface area contributed by atoms with Crippen LogP contribution in [0.15, 0.2) is 35.7 Å². The fourth-order valence-corrected chi connectivity index (χ4v) is 3.85. The SMILES string of the molecule is O=C(c1cc(Cl)ccc1Cl)N1CCN(CC(O)c2cccs2)CC1. The van der Waals surface area contributed by atoms with Crippen molar-refractivity contribution in [2.75, 3.05) is 32.7 Å². The molecule has 2 aromatic rings. The number of β-amino-alcohol motifs (C(OH)–C–C–N with tert-alkyl or cyclic N) is 1. The molecule has 1 N–H and O–H groups in total. The third-order valence-electron chi connectivity index (χ3n) is 4.12. The summed E-state index contributed by atoms with van der Waals surface area (Å²) < 4.78 is 0. The third kappa shape index (κ3) is 4.10. The largest absolute Gasteiger partial charge is 0.386 e. The molecule has 0 aliphatic carbocycles. The average Bonchev–Trinajstić information content (AvgIpc) is 3.12. The molecule has 1 amide bonds. The molecule has 1 aliphatic heterocycles. The number of aliphatic hydroxyl groups is 1. The Kier molecular flexibility index (Phi) is 5.79. The molecule has 1 aliphatic rings. The second kappa shape index (κ2) is 7.85. The smallest absolute Gasteiger partial charge is 0.255 e. The first-order chi connectivity index (χ1) is 11.5. The van der Waals surface area contributed by atoms with Crippen LogP contribution in [0.2, 0.25) is 10.0 Å². The fourth-order valence-electron chi connectivity index (χ4n) is 2.78. The maximum atomic E-state index is 12.6. The van der Waals surface area contributed by atoms with Crippen molar-refractivity contribution in [2.45, 2.75) is 6.10 Å². The minimum Gasteiger partial charge on any atom is -0.386 e. The van der Waals surface area contributed by atoms with E-state index in [2.05, 4.69) is 4.90 Å². The lowest BCUT2D eigenvalue weighted by Gasteiger charge is -2.35. The average molecular weight is 385 g/mol. The van der Waals surface area contributed by atoms with Gasteiger partial charge >= 0.3 is 0 Å². The Labute approximate surface area is 155 Å². The molecule has 1 atom stereocenters. The molecule has 1 aromatic carbocycles. The first-order valence-electron chi connectivity index (χ1n) is 7.73. The third-order valence-corrected chi connectivity index (χ3v) is 5.66. The number of piperazine rings is 1. The Morgan fingerprint density at radius 1 is 1.21 bits per heavy atom. The van der Waals surface area contributed by atoms with Crippen molar-refractivity contribution in [3.8, 4) is 0 Å². The topological polar surface area (TPSA) is 43.8 Å². The number of hydrogen-bond donors (Lipinski definition) is 1. The molecular formula is C17H18Cl2N2O2S. The molecule has 128 valence electrons.